The number of hydrogen-bond donors (Lipinski definition) is 3. The van der Waals surface area contributed by atoms with Gasteiger partial charge in [-0.25, -0.2) is 13.6 Å². The van der Waals surface area contributed by atoms with Gasteiger partial charge in [-0.15, -0.1) is 0 Å². The molecular formula is C18H14ClF2N3O2. The largest absolute Gasteiger partial charge is 0.327 e. The highest BCUT2D eigenvalue weighted by atomic mass is 35.5. The lowest BCUT2D eigenvalue weighted by Crippen LogP contribution is -2.45. The summed E-state index contributed by atoms with van der Waals surface area (Å²) in [5, 5.41) is 8.16. The van der Waals surface area contributed by atoms with Crippen molar-refractivity contribution < 1.29 is 18.4 Å². The van der Waals surface area contributed by atoms with E-state index in [-0.39, 0.29) is 11.3 Å². The van der Waals surface area contributed by atoms with E-state index in [1.54, 1.807) is 31.2 Å². The van der Waals surface area contributed by atoms with E-state index in [4.69, 9.17) is 11.6 Å². The maximum Gasteiger partial charge on any atom is 0.319 e. The highest BCUT2D eigenvalue weighted by Crippen LogP contribution is 2.29. The van der Waals surface area contributed by atoms with Crippen LogP contribution in [-0.2, 0) is 4.79 Å². The van der Waals surface area contributed by atoms with Crippen LogP contribution in [0.5, 0.6) is 0 Å². The third-order valence-corrected chi connectivity index (χ3v) is 4.11. The Morgan fingerprint density at radius 2 is 1.92 bits per heavy atom. The zero-order chi connectivity index (χ0) is 18.8. The summed E-state index contributed by atoms with van der Waals surface area (Å²) in [7, 11) is 0. The highest BCUT2D eigenvalue weighted by Gasteiger charge is 2.31. The number of rotatable bonds is 3. The molecule has 0 spiro atoms. The molecule has 134 valence electrons. The topological polar surface area (TPSA) is 70.2 Å². The molecule has 3 N–H and O–H groups in total. The first kappa shape index (κ1) is 17.9. The van der Waals surface area contributed by atoms with Crippen molar-refractivity contribution in [3.8, 4) is 0 Å². The van der Waals surface area contributed by atoms with E-state index < -0.39 is 29.6 Å². The van der Waals surface area contributed by atoms with Gasteiger partial charge in [-0.3, -0.25) is 4.79 Å². The minimum absolute atomic E-state index is 0.0935. The third-order valence-electron chi connectivity index (χ3n) is 3.87. The van der Waals surface area contributed by atoms with Crippen LogP contribution in [-0.4, -0.2) is 11.9 Å². The van der Waals surface area contributed by atoms with Gasteiger partial charge in [-0.1, -0.05) is 23.7 Å². The van der Waals surface area contributed by atoms with E-state index in [0.717, 1.165) is 12.1 Å². The van der Waals surface area contributed by atoms with Crippen LogP contribution in [0.4, 0.5) is 19.3 Å². The number of hydrogen-bond acceptors (Lipinski definition) is 2. The predicted octanol–water partition coefficient (Wildman–Crippen LogP) is 3.88. The van der Waals surface area contributed by atoms with Gasteiger partial charge in [0.15, 0.2) is 11.6 Å². The molecule has 1 atom stereocenters. The number of benzene rings is 2. The molecule has 3 amide bonds. The first-order chi connectivity index (χ1) is 12.3. The van der Waals surface area contributed by atoms with E-state index in [0.29, 0.717) is 16.3 Å². The van der Waals surface area contributed by atoms with Crippen molar-refractivity contribution in [2.75, 3.05) is 5.32 Å². The Hall–Kier alpha value is -2.93. The smallest absolute Gasteiger partial charge is 0.319 e. The highest BCUT2D eigenvalue weighted by molar-refractivity contribution is 6.30. The van der Waals surface area contributed by atoms with Gasteiger partial charge in [0.1, 0.15) is 0 Å². The van der Waals surface area contributed by atoms with Crippen molar-refractivity contribution in [2.45, 2.75) is 13.0 Å². The fourth-order valence-corrected chi connectivity index (χ4v) is 2.90. The van der Waals surface area contributed by atoms with Gasteiger partial charge in [0.25, 0.3) is 5.91 Å². The second kappa shape index (κ2) is 7.13. The Bertz CT molecular complexity index is 930. The van der Waals surface area contributed by atoms with Gasteiger partial charge in [0, 0.05) is 22.5 Å². The molecule has 0 aliphatic carbocycles. The minimum atomic E-state index is -1.07. The van der Waals surface area contributed by atoms with Gasteiger partial charge >= 0.3 is 6.03 Å². The number of nitrogens with one attached hydrogen (secondary N) is 3. The van der Waals surface area contributed by atoms with Gasteiger partial charge in [0.05, 0.1) is 11.6 Å². The quantitative estimate of drug-likeness (QED) is 0.759. The Morgan fingerprint density at radius 1 is 1.15 bits per heavy atom. The lowest BCUT2D eigenvalue weighted by atomic mass is 9.95. The van der Waals surface area contributed by atoms with Gasteiger partial charge in [-0.05, 0) is 36.8 Å². The monoisotopic (exact) mass is 377 g/mol. The van der Waals surface area contributed by atoms with Gasteiger partial charge < -0.3 is 16.0 Å². The van der Waals surface area contributed by atoms with Crippen LogP contribution >= 0.6 is 11.6 Å². The fraction of sp³-hybridized carbons (Fsp3) is 0.111. The second-order valence-electron chi connectivity index (χ2n) is 5.71. The molecule has 2 aromatic carbocycles. The molecule has 0 aromatic heterocycles. The van der Waals surface area contributed by atoms with Crippen molar-refractivity contribution in [1.82, 2.24) is 10.6 Å². The summed E-state index contributed by atoms with van der Waals surface area (Å²) in [5.41, 5.74) is 1.29. The zero-order valence-corrected chi connectivity index (χ0v) is 14.3. The van der Waals surface area contributed by atoms with E-state index in [2.05, 4.69) is 16.0 Å². The van der Waals surface area contributed by atoms with Crippen LogP contribution in [0.15, 0.2) is 53.7 Å². The minimum Gasteiger partial charge on any atom is -0.327 e. The Kier molecular flexibility index (Phi) is 4.90. The molecule has 0 bridgehead atoms. The lowest BCUT2D eigenvalue weighted by Gasteiger charge is -2.28. The van der Waals surface area contributed by atoms with Gasteiger partial charge in [-0.2, -0.15) is 0 Å². The van der Waals surface area contributed by atoms with Crippen molar-refractivity contribution in [3.05, 3.63) is 76.0 Å². The molecule has 1 heterocycles. The average molecular weight is 378 g/mol. The Balaban J connectivity index is 1.95. The lowest BCUT2D eigenvalue weighted by molar-refractivity contribution is -0.113. The van der Waals surface area contributed by atoms with Crippen LogP contribution in [0.1, 0.15) is 18.5 Å². The normalized spacial score (nSPS) is 16.8. The maximum atomic E-state index is 13.4. The maximum absolute atomic E-state index is 13.4. The van der Waals surface area contributed by atoms with Crippen LogP contribution < -0.4 is 16.0 Å². The predicted molar refractivity (Wildman–Crippen MR) is 93.5 cm³/mol. The first-order valence-electron chi connectivity index (χ1n) is 7.65. The summed E-state index contributed by atoms with van der Waals surface area (Å²) >= 11 is 6.00. The zero-order valence-electron chi connectivity index (χ0n) is 13.6. The number of carbonyl (C=O) groups is 2. The molecular weight excluding hydrogens is 364 g/mol. The Labute approximate surface area is 153 Å². The molecule has 0 saturated heterocycles. The van der Waals surface area contributed by atoms with E-state index in [9.17, 15) is 18.4 Å². The van der Waals surface area contributed by atoms with E-state index in [1.165, 1.54) is 6.07 Å². The molecule has 2 aromatic rings. The molecule has 1 aliphatic heterocycles. The number of carbonyl (C=O) groups excluding carboxylic acids is 2. The number of amides is 3. The van der Waals surface area contributed by atoms with Crippen molar-refractivity contribution in [2.24, 2.45) is 0 Å². The third kappa shape index (κ3) is 3.67. The van der Waals surface area contributed by atoms with Gasteiger partial charge in [0.2, 0.25) is 0 Å². The Morgan fingerprint density at radius 3 is 2.62 bits per heavy atom. The number of allylic oxidation sites excluding steroid dienone is 1. The molecule has 1 aliphatic rings. The number of anilines is 1. The molecule has 26 heavy (non-hydrogen) atoms. The average Bonchev–Trinajstić information content (AvgIpc) is 2.57. The number of halogens is 3. The first-order valence-corrected chi connectivity index (χ1v) is 8.03. The summed E-state index contributed by atoms with van der Waals surface area (Å²) in [6, 6.07) is 8.57. The fourth-order valence-electron chi connectivity index (χ4n) is 2.70. The standard InChI is InChI=1S/C18H14ClF2N3O2/c1-9-15(17(25)23-12-5-6-13(20)14(21)8-12)16(24-18(26)22-9)10-3-2-4-11(19)7-10/h2-8,16H,1H3,(H,23,25)(H2,22,24,26)/t16-/m0/s1. The molecule has 0 fully saturated rings. The van der Waals surface area contributed by atoms with Crippen molar-refractivity contribution >= 4 is 29.2 Å². The van der Waals surface area contributed by atoms with Crippen molar-refractivity contribution in [3.63, 3.8) is 0 Å². The summed E-state index contributed by atoms with van der Waals surface area (Å²) in [6.07, 6.45) is 0. The van der Waals surface area contributed by atoms with Crippen LogP contribution in [0.3, 0.4) is 0 Å². The van der Waals surface area contributed by atoms with Crippen molar-refractivity contribution in [1.29, 1.82) is 0 Å². The summed E-state index contributed by atoms with van der Waals surface area (Å²) in [6.45, 7) is 1.58. The molecule has 3 rings (SSSR count). The van der Waals surface area contributed by atoms with E-state index in [1.807, 2.05) is 0 Å². The summed E-state index contributed by atoms with van der Waals surface area (Å²) < 4.78 is 26.4. The SMILES string of the molecule is CC1=C(C(=O)Nc2ccc(F)c(F)c2)[C@H](c2cccc(Cl)c2)NC(=O)N1. The van der Waals surface area contributed by atoms with Crippen LogP contribution in [0.25, 0.3) is 0 Å². The summed E-state index contributed by atoms with van der Waals surface area (Å²) in [4.78, 5) is 24.6. The molecule has 8 heteroatoms. The molecule has 0 unspecified atom stereocenters. The molecule has 0 radical (unpaired) electrons. The summed E-state index contributed by atoms with van der Waals surface area (Å²) in [5.74, 6) is -2.65. The van der Waals surface area contributed by atoms with Crippen LogP contribution in [0.2, 0.25) is 5.02 Å². The second-order valence-corrected chi connectivity index (χ2v) is 6.14. The molecule has 5 nitrogen and oxygen atoms in total. The van der Waals surface area contributed by atoms with E-state index >= 15 is 0 Å². The number of urea groups is 1. The van der Waals surface area contributed by atoms with Crippen LogP contribution in [0, 0.1) is 11.6 Å². The molecule has 0 saturated carbocycles.